The van der Waals surface area contributed by atoms with Crippen molar-refractivity contribution in [2.75, 3.05) is 6.61 Å². The van der Waals surface area contributed by atoms with E-state index in [4.69, 9.17) is 4.52 Å². The lowest BCUT2D eigenvalue weighted by atomic mass is 9.64. The number of hydrogen-bond acceptors (Lipinski definition) is 4. The van der Waals surface area contributed by atoms with Gasteiger partial charge in [-0.15, -0.1) is 0 Å². The summed E-state index contributed by atoms with van der Waals surface area (Å²) in [5.41, 5.74) is 0.982. The highest BCUT2D eigenvalue weighted by Gasteiger charge is 2.42. The lowest BCUT2D eigenvalue weighted by Gasteiger charge is -2.47. The highest BCUT2D eigenvalue weighted by atomic mass is 16.5. The van der Waals surface area contributed by atoms with Crippen molar-refractivity contribution in [3.8, 4) is 0 Å². The smallest absolute Gasteiger partial charge is 0.124 e. The van der Waals surface area contributed by atoms with Crippen LogP contribution in [0.5, 0.6) is 0 Å². The van der Waals surface area contributed by atoms with Crippen LogP contribution in [0.1, 0.15) is 45.7 Å². The molecule has 0 spiro atoms. The fourth-order valence-electron chi connectivity index (χ4n) is 3.66. The van der Waals surface area contributed by atoms with Gasteiger partial charge in [0.25, 0.3) is 0 Å². The second-order valence-corrected chi connectivity index (χ2v) is 6.64. The zero-order valence-electron chi connectivity index (χ0n) is 11.6. The van der Waals surface area contributed by atoms with Crippen LogP contribution in [0.25, 0.3) is 0 Å². The van der Waals surface area contributed by atoms with Gasteiger partial charge in [-0.2, -0.15) is 0 Å². The standard InChI is InChI=1S/C14H24N2O2/c1-11-6-13(2,3)9-14(7-11,10-17)15-8-12-4-5-18-16-12/h4-5,11,15,17H,6-10H2,1-3H3/t11-,14+/m0/s1. The molecule has 0 radical (unpaired) electrons. The molecule has 2 atom stereocenters. The maximum atomic E-state index is 9.81. The zero-order valence-corrected chi connectivity index (χ0v) is 11.6. The second-order valence-electron chi connectivity index (χ2n) is 6.64. The van der Waals surface area contributed by atoms with Gasteiger partial charge < -0.3 is 14.9 Å². The number of nitrogens with zero attached hydrogens (tertiary/aromatic N) is 1. The van der Waals surface area contributed by atoms with Crippen LogP contribution in [0.2, 0.25) is 0 Å². The van der Waals surface area contributed by atoms with Gasteiger partial charge in [0.1, 0.15) is 6.26 Å². The van der Waals surface area contributed by atoms with Gasteiger partial charge in [0.15, 0.2) is 0 Å². The number of hydrogen-bond donors (Lipinski definition) is 2. The summed E-state index contributed by atoms with van der Waals surface area (Å²) in [6, 6.07) is 1.86. The van der Waals surface area contributed by atoms with E-state index < -0.39 is 0 Å². The summed E-state index contributed by atoms with van der Waals surface area (Å²) in [4.78, 5) is 0. The summed E-state index contributed by atoms with van der Waals surface area (Å²) in [5.74, 6) is 0.630. The van der Waals surface area contributed by atoms with Crippen molar-refractivity contribution in [1.82, 2.24) is 10.5 Å². The van der Waals surface area contributed by atoms with E-state index in [1.807, 2.05) is 6.07 Å². The number of aromatic nitrogens is 1. The van der Waals surface area contributed by atoms with Crippen LogP contribution < -0.4 is 5.32 Å². The highest BCUT2D eigenvalue weighted by Crippen LogP contribution is 2.43. The Labute approximate surface area is 109 Å². The summed E-state index contributed by atoms with van der Waals surface area (Å²) in [6.07, 6.45) is 4.82. The summed E-state index contributed by atoms with van der Waals surface area (Å²) in [7, 11) is 0. The molecule has 0 bridgehead atoms. The van der Waals surface area contributed by atoms with Crippen LogP contribution in [-0.2, 0) is 6.54 Å². The van der Waals surface area contributed by atoms with Crippen LogP contribution >= 0.6 is 0 Å². The van der Waals surface area contributed by atoms with Crippen molar-refractivity contribution in [3.63, 3.8) is 0 Å². The SMILES string of the molecule is C[C@H]1CC(C)(C)C[C@](CO)(NCc2ccon2)C1. The molecule has 2 rings (SSSR count). The molecule has 2 N–H and O–H groups in total. The van der Waals surface area contributed by atoms with Crippen molar-refractivity contribution in [3.05, 3.63) is 18.0 Å². The van der Waals surface area contributed by atoms with E-state index in [0.717, 1.165) is 18.5 Å². The first-order chi connectivity index (χ1) is 8.45. The van der Waals surface area contributed by atoms with E-state index in [1.54, 1.807) is 6.26 Å². The Balaban J connectivity index is 2.05. The van der Waals surface area contributed by atoms with Gasteiger partial charge in [0.05, 0.1) is 12.3 Å². The Bertz CT molecular complexity index is 375. The van der Waals surface area contributed by atoms with E-state index in [1.165, 1.54) is 6.42 Å². The van der Waals surface area contributed by atoms with E-state index in [2.05, 4.69) is 31.2 Å². The summed E-state index contributed by atoms with van der Waals surface area (Å²) < 4.78 is 4.83. The van der Waals surface area contributed by atoms with Gasteiger partial charge in [-0.1, -0.05) is 25.9 Å². The Kier molecular flexibility index (Phi) is 3.78. The zero-order chi connectivity index (χ0) is 13.2. The number of aliphatic hydroxyl groups excluding tert-OH is 1. The molecular weight excluding hydrogens is 228 g/mol. The summed E-state index contributed by atoms with van der Waals surface area (Å²) in [5, 5.41) is 17.2. The molecule has 1 aromatic rings. The van der Waals surface area contributed by atoms with Crippen LogP contribution in [0.4, 0.5) is 0 Å². The molecule has 1 aliphatic carbocycles. The van der Waals surface area contributed by atoms with Crippen LogP contribution in [0.3, 0.4) is 0 Å². The number of nitrogens with one attached hydrogen (secondary N) is 1. The monoisotopic (exact) mass is 252 g/mol. The molecule has 1 fully saturated rings. The number of rotatable bonds is 4. The molecule has 4 nitrogen and oxygen atoms in total. The Morgan fingerprint density at radius 2 is 2.28 bits per heavy atom. The molecular formula is C14H24N2O2. The Morgan fingerprint density at radius 1 is 1.50 bits per heavy atom. The van der Waals surface area contributed by atoms with Crippen molar-refractivity contribution in [2.24, 2.45) is 11.3 Å². The quantitative estimate of drug-likeness (QED) is 0.863. The van der Waals surface area contributed by atoms with Gasteiger partial charge in [-0.3, -0.25) is 0 Å². The molecule has 1 saturated carbocycles. The molecule has 0 saturated heterocycles. The fraction of sp³-hybridized carbons (Fsp3) is 0.786. The number of aliphatic hydroxyl groups is 1. The molecule has 1 aliphatic rings. The van der Waals surface area contributed by atoms with E-state index >= 15 is 0 Å². The summed E-state index contributed by atoms with van der Waals surface area (Å²) in [6.45, 7) is 7.66. The van der Waals surface area contributed by atoms with Gasteiger partial charge in [0.2, 0.25) is 0 Å². The Hall–Kier alpha value is -0.870. The van der Waals surface area contributed by atoms with E-state index in [0.29, 0.717) is 12.5 Å². The van der Waals surface area contributed by atoms with Crippen molar-refractivity contribution >= 4 is 0 Å². The topological polar surface area (TPSA) is 58.3 Å². The van der Waals surface area contributed by atoms with Crippen molar-refractivity contribution < 1.29 is 9.63 Å². The van der Waals surface area contributed by atoms with Gasteiger partial charge in [-0.25, -0.2) is 0 Å². The maximum absolute atomic E-state index is 9.81. The minimum atomic E-state index is -0.180. The highest BCUT2D eigenvalue weighted by molar-refractivity contribution is 5.02. The average molecular weight is 252 g/mol. The second kappa shape index (κ2) is 5.02. The first-order valence-electron chi connectivity index (χ1n) is 6.70. The third-order valence-electron chi connectivity index (χ3n) is 3.90. The third kappa shape index (κ3) is 3.12. The molecule has 18 heavy (non-hydrogen) atoms. The molecule has 102 valence electrons. The van der Waals surface area contributed by atoms with Gasteiger partial charge >= 0.3 is 0 Å². The average Bonchev–Trinajstić information content (AvgIpc) is 2.76. The fourth-order valence-corrected chi connectivity index (χ4v) is 3.66. The Morgan fingerprint density at radius 3 is 2.83 bits per heavy atom. The molecule has 0 amide bonds. The van der Waals surface area contributed by atoms with E-state index in [9.17, 15) is 5.11 Å². The summed E-state index contributed by atoms with van der Waals surface area (Å²) >= 11 is 0. The molecule has 0 aromatic carbocycles. The molecule has 4 heteroatoms. The first-order valence-corrected chi connectivity index (χ1v) is 6.70. The van der Waals surface area contributed by atoms with Crippen LogP contribution in [-0.4, -0.2) is 22.4 Å². The minimum Gasteiger partial charge on any atom is -0.394 e. The molecule has 0 unspecified atom stereocenters. The minimum absolute atomic E-state index is 0.179. The first kappa shape index (κ1) is 13.6. The van der Waals surface area contributed by atoms with Crippen molar-refractivity contribution in [2.45, 2.75) is 52.1 Å². The van der Waals surface area contributed by atoms with Gasteiger partial charge in [-0.05, 0) is 30.6 Å². The molecule has 0 aliphatic heterocycles. The van der Waals surface area contributed by atoms with Crippen molar-refractivity contribution in [1.29, 1.82) is 0 Å². The normalized spacial score (nSPS) is 31.4. The van der Waals surface area contributed by atoms with Crippen LogP contribution in [0, 0.1) is 11.3 Å². The maximum Gasteiger partial charge on any atom is 0.124 e. The van der Waals surface area contributed by atoms with Gasteiger partial charge in [0, 0.05) is 18.2 Å². The largest absolute Gasteiger partial charge is 0.394 e. The predicted octanol–water partition coefficient (Wildman–Crippen LogP) is 2.34. The predicted molar refractivity (Wildman–Crippen MR) is 70.0 cm³/mol. The van der Waals surface area contributed by atoms with E-state index in [-0.39, 0.29) is 17.6 Å². The molecule has 1 heterocycles. The molecule has 1 aromatic heterocycles. The van der Waals surface area contributed by atoms with Crippen LogP contribution in [0.15, 0.2) is 16.9 Å². The third-order valence-corrected chi connectivity index (χ3v) is 3.90. The lowest BCUT2D eigenvalue weighted by Crippen LogP contribution is -2.54. The lowest BCUT2D eigenvalue weighted by molar-refractivity contribution is 0.0349.